The number of imide groups is 1. The Morgan fingerprint density at radius 1 is 0.884 bits per heavy atom. The second-order valence-electron chi connectivity index (χ2n) is 10.8. The van der Waals surface area contributed by atoms with E-state index in [2.05, 4.69) is 10.6 Å². The molecule has 0 bridgehead atoms. The number of sulfone groups is 1. The Morgan fingerprint density at radius 2 is 1.44 bits per heavy atom. The zero-order chi connectivity index (χ0) is 31.8. The average molecular weight is 640 g/mol. The summed E-state index contributed by atoms with van der Waals surface area (Å²) in [7, 11) is -4.56. The summed E-state index contributed by atoms with van der Waals surface area (Å²) >= 11 is 0. The number of rotatable bonds is 5. The number of alkyl halides is 7. The quantitative estimate of drug-likeness (QED) is 0.292. The molecule has 2 aliphatic heterocycles. The van der Waals surface area contributed by atoms with Gasteiger partial charge in [0.2, 0.25) is 5.91 Å². The molecule has 1 spiro atoms. The molecule has 2 heterocycles. The molecule has 43 heavy (non-hydrogen) atoms. The summed E-state index contributed by atoms with van der Waals surface area (Å²) in [4.78, 5) is 38.0. The van der Waals surface area contributed by atoms with Gasteiger partial charge in [-0.05, 0) is 49.1 Å². The predicted molar refractivity (Wildman–Crippen MR) is 130 cm³/mol. The number of likely N-dealkylation sites (tertiary alicyclic amines) is 1. The Labute approximate surface area is 238 Å². The fraction of sp³-hybridized carbons (Fsp3) is 0.423. The fourth-order valence-electron chi connectivity index (χ4n) is 5.92. The van der Waals surface area contributed by atoms with Crippen molar-refractivity contribution in [3.8, 4) is 0 Å². The van der Waals surface area contributed by atoms with Gasteiger partial charge in [0.25, 0.3) is 5.91 Å². The monoisotopic (exact) mass is 639 g/mol. The third-order valence-corrected chi connectivity index (χ3v) is 10.8. The van der Waals surface area contributed by atoms with Crippen molar-refractivity contribution in [2.45, 2.75) is 52.5 Å². The van der Waals surface area contributed by atoms with E-state index < -0.39 is 91.0 Å². The summed E-state index contributed by atoms with van der Waals surface area (Å²) in [6.45, 7) is -0.178. The molecule has 1 unspecified atom stereocenters. The largest absolute Gasteiger partial charge is 0.435 e. The van der Waals surface area contributed by atoms with Gasteiger partial charge >= 0.3 is 24.1 Å². The van der Waals surface area contributed by atoms with E-state index in [-0.39, 0.29) is 37.2 Å². The summed E-state index contributed by atoms with van der Waals surface area (Å²) < 4.78 is 133. The minimum Gasteiger partial charge on any atom is -0.339 e. The second-order valence-corrected chi connectivity index (χ2v) is 13.0. The Bertz CT molecular complexity index is 1570. The highest BCUT2D eigenvalue weighted by molar-refractivity contribution is 7.92. The lowest BCUT2D eigenvalue weighted by atomic mass is 9.69. The minimum absolute atomic E-state index is 0.0307. The smallest absolute Gasteiger partial charge is 0.339 e. The molecule has 3 aliphatic rings. The summed E-state index contributed by atoms with van der Waals surface area (Å²) in [5, 5.41) is 4.53. The first-order valence-corrected chi connectivity index (χ1v) is 14.1. The van der Waals surface area contributed by atoms with Crippen molar-refractivity contribution in [3.05, 3.63) is 65.5 Å². The first-order valence-electron chi connectivity index (χ1n) is 12.6. The second kappa shape index (κ2) is 9.62. The van der Waals surface area contributed by atoms with Crippen LogP contribution in [-0.4, -0.2) is 62.1 Å². The van der Waals surface area contributed by atoms with Crippen LogP contribution in [-0.2, 0) is 29.8 Å². The number of nitrogens with one attached hydrogen (secondary N) is 2. The van der Waals surface area contributed by atoms with Crippen LogP contribution in [0, 0.1) is 11.7 Å². The van der Waals surface area contributed by atoms with E-state index in [4.69, 9.17) is 0 Å². The highest BCUT2D eigenvalue weighted by Crippen LogP contribution is 2.57. The standard InChI is InChI=1S/C26H21F8N3O5S/c27-17-5-7-18(8-6-17)43(41,42)23(15-1-3-16(4-2-15)24(28,25(29,30)31)26(32,33)34)11-14(12-23)19(38)37-10-9-22(13-37)20(39)35-21(40)36-22/h1-8,14H,9-13H2,(H2,35,36,39,40)/t14-,22?,23+. The van der Waals surface area contributed by atoms with Crippen LogP contribution >= 0.6 is 0 Å². The Kier molecular flexibility index (Phi) is 6.87. The van der Waals surface area contributed by atoms with E-state index in [0.29, 0.717) is 12.1 Å². The molecule has 2 saturated heterocycles. The minimum atomic E-state index is -6.39. The summed E-state index contributed by atoms with van der Waals surface area (Å²) in [5.74, 6) is -3.04. The maximum Gasteiger partial charge on any atom is 0.435 e. The van der Waals surface area contributed by atoms with Crippen molar-refractivity contribution in [2.24, 2.45) is 5.92 Å². The van der Waals surface area contributed by atoms with Gasteiger partial charge < -0.3 is 10.2 Å². The number of hydrogen-bond acceptors (Lipinski definition) is 5. The zero-order valence-corrected chi connectivity index (χ0v) is 22.5. The van der Waals surface area contributed by atoms with Crippen LogP contribution in [0.1, 0.15) is 30.4 Å². The lowest BCUT2D eigenvalue weighted by molar-refractivity contribution is -0.348. The maximum atomic E-state index is 14.6. The lowest BCUT2D eigenvalue weighted by Gasteiger charge is -2.47. The van der Waals surface area contributed by atoms with Gasteiger partial charge in [0.15, 0.2) is 9.84 Å². The highest BCUT2D eigenvalue weighted by Gasteiger charge is 2.73. The molecular weight excluding hydrogens is 618 g/mol. The maximum absolute atomic E-state index is 14.6. The van der Waals surface area contributed by atoms with Gasteiger partial charge in [-0.1, -0.05) is 24.3 Å². The molecule has 0 aromatic heterocycles. The lowest BCUT2D eigenvalue weighted by Crippen LogP contribution is -2.55. The van der Waals surface area contributed by atoms with Gasteiger partial charge in [-0.2, -0.15) is 26.3 Å². The van der Waals surface area contributed by atoms with Gasteiger partial charge in [0.05, 0.1) is 11.4 Å². The fourth-order valence-corrected chi connectivity index (χ4v) is 8.16. The van der Waals surface area contributed by atoms with E-state index >= 15 is 0 Å². The van der Waals surface area contributed by atoms with Crippen LogP contribution in [0.15, 0.2) is 53.4 Å². The molecule has 2 aromatic rings. The predicted octanol–water partition coefficient (Wildman–Crippen LogP) is 4.00. The van der Waals surface area contributed by atoms with Crippen LogP contribution in [0.3, 0.4) is 0 Å². The van der Waals surface area contributed by atoms with Crippen LogP contribution < -0.4 is 10.6 Å². The van der Waals surface area contributed by atoms with E-state index in [1.54, 1.807) is 0 Å². The van der Waals surface area contributed by atoms with Gasteiger partial charge in [0, 0.05) is 18.0 Å². The number of amides is 4. The third kappa shape index (κ3) is 4.53. The highest BCUT2D eigenvalue weighted by atomic mass is 32.2. The van der Waals surface area contributed by atoms with Crippen LogP contribution in [0.4, 0.5) is 39.9 Å². The van der Waals surface area contributed by atoms with Crippen LogP contribution in [0.5, 0.6) is 0 Å². The number of carbonyl (C=O) groups excluding carboxylic acids is 3. The van der Waals surface area contributed by atoms with Crippen LogP contribution in [0.2, 0.25) is 0 Å². The molecule has 17 heteroatoms. The zero-order valence-electron chi connectivity index (χ0n) is 21.7. The summed E-state index contributed by atoms with van der Waals surface area (Å²) in [6.07, 6.45) is -13.7. The number of carbonyl (C=O) groups is 3. The number of hydrogen-bond donors (Lipinski definition) is 2. The van der Waals surface area contributed by atoms with Gasteiger partial charge in [0.1, 0.15) is 16.1 Å². The molecule has 1 aliphatic carbocycles. The van der Waals surface area contributed by atoms with E-state index in [9.17, 15) is 57.9 Å². The summed E-state index contributed by atoms with van der Waals surface area (Å²) in [5.41, 5.74) is -9.24. The van der Waals surface area contributed by atoms with Gasteiger partial charge in [-0.15, -0.1) is 0 Å². The number of benzene rings is 2. The first kappa shape index (κ1) is 30.7. The van der Waals surface area contributed by atoms with Gasteiger partial charge in [-0.25, -0.2) is 22.0 Å². The number of nitrogens with zero attached hydrogens (tertiary/aromatic N) is 1. The van der Waals surface area contributed by atoms with Crippen molar-refractivity contribution >= 4 is 27.7 Å². The molecule has 5 rings (SSSR count). The molecule has 8 nitrogen and oxygen atoms in total. The Balaban J connectivity index is 1.49. The molecule has 232 valence electrons. The normalized spacial score (nSPS) is 26.3. The SMILES string of the molecule is O=C1NC(=O)C2(CCN(C(=O)[C@H]3C[C@@](c4ccc(C(F)(C(F)(F)F)C(F)(F)F)cc4)(S(=O)(=O)c4ccc(F)cc4)C3)C2)N1. The van der Waals surface area contributed by atoms with E-state index in [1.165, 1.54) is 4.90 Å². The van der Waals surface area contributed by atoms with Crippen molar-refractivity contribution in [3.63, 3.8) is 0 Å². The molecule has 4 amide bonds. The van der Waals surface area contributed by atoms with Crippen molar-refractivity contribution in [1.29, 1.82) is 0 Å². The van der Waals surface area contributed by atoms with Crippen molar-refractivity contribution in [2.75, 3.05) is 13.1 Å². The van der Waals surface area contributed by atoms with Crippen LogP contribution in [0.25, 0.3) is 0 Å². The molecule has 2 N–H and O–H groups in total. The topological polar surface area (TPSA) is 113 Å². The van der Waals surface area contributed by atoms with Gasteiger partial charge in [-0.3, -0.25) is 14.9 Å². The Hall–Kier alpha value is -3.76. The molecule has 1 atom stereocenters. The molecule has 1 saturated carbocycles. The first-order chi connectivity index (χ1) is 19.8. The average Bonchev–Trinajstić information content (AvgIpc) is 3.43. The number of halogens is 8. The molecule has 2 aromatic carbocycles. The Morgan fingerprint density at radius 3 is 1.93 bits per heavy atom. The number of urea groups is 1. The molecule has 3 fully saturated rings. The van der Waals surface area contributed by atoms with E-state index in [0.717, 1.165) is 24.3 Å². The summed E-state index contributed by atoms with van der Waals surface area (Å²) in [6, 6.07) is 4.41. The molecule has 0 radical (unpaired) electrons. The molecular formula is C26H21F8N3O5S. The third-order valence-electron chi connectivity index (χ3n) is 8.33. The van der Waals surface area contributed by atoms with Crippen molar-refractivity contribution in [1.82, 2.24) is 15.5 Å². The van der Waals surface area contributed by atoms with Crippen molar-refractivity contribution < 1.29 is 57.9 Å². The van der Waals surface area contributed by atoms with E-state index in [1.807, 2.05) is 0 Å².